The van der Waals surface area contributed by atoms with Gasteiger partial charge >= 0.3 is 0 Å². The summed E-state index contributed by atoms with van der Waals surface area (Å²) in [5, 5.41) is 102. The lowest BCUT2D eigenvalue weighted by Crippen LogP contribution is -2.65. The van der Waals surface area contributed by atoms with Gasteiger partial charge in [-0.3, -0.25) is 0 Å². The number of hydrogen-bond acceptors (Lipinski definition) is 17. The molecule has 0 radical (unpaired) electrons. The maximum atomic E-state index is 11.1. The van der Waals surface area contributed by atoms with E-state index in [0.717, 1.165) is 32.2 Å². The van der Waals surface area contributed by atoms with Gasteiger partial charge < -0.3 is 84.4 Å². The number of aliphatic hydroxyl groups excluding tert-OH is 10. The third kappa shape index (κ3) is 9.45. The Morgan fingerprint density at radius 2 is 1.11 bits per heavy atom. The quantitative estimate of drug-likeness (QED) is 0.0704. The maximum Gasteiger partial charge on any atom is 0.187 e. The minimum atomic E-state index is -1.82. The minimum Gasteiger partial charge on any atom is -0.394 e. The van der Waals surface area contributed by atoms with Crippen LogP contribution in [0, 0.1) is 0 Å². The van der Waals surface area contributed by atoms with Gasteiger partial charge in [0.2, 0.25) is 0 Å². The highest BCUT2D eigenvalue weighted by molar-refractivity contribution is 4.95. The van der Waals surface area contributed by atoms with Gasteiger partial charge in [0, 0.05) is 6.54 Å². The lowest BCUT2D eigenvalue weighted by Gasteiger charge is -2.46. The smallest absolute Gasteiger partial charge is 0.187 e. The molecule has 3 aliphatic rings. The molecule has 9 unspecified atom stereocenters. The molecule has 3 heterocycles. The molecular weight excluding hydrogens is 594 g/mol. The van der Waals surface area contributed by atoms with Crippen molar-refractivity contribution in [2.45, 2.75) is 125 Å². The van der Waals surface area contributed by atoms with Crippen LogP contribution in [0.15, 0.2) is 0 Å². The maximum absolute atomic E-state index is 11.1. The molecule has 0 aromatic heterocycles. The van der Waals surface area contributed by atoms with Gasteiger partial charge in [-0.2, -0.15) is 0 Å². The second kappa shape index (κ2) is 18.0. The van der Waals surface area contributed by atoms with Crippen LogP contribution in [-0.4, -0.2) is 195 Å². The second-order valence-corrected chi connectivity index (χ2v) is 11.6. The Morgan fingerprint density at radius 3 is 1.70 bits per heavy atom. The summed E-state index contributed by atoms with van der Waals surface area (Å²) in [5.41, 5.74) is 0. The monoisotopic (exact) mass is 645 g/mol. The summed E-state index contributed by atoms with van der Waals surface area (Å²) < 4.78 is 33.5. The van der Waals surface area contributed by atoms with Gasteiger partial charge in [0.05, 0.1) is 26.4 Å². The molecule has 260 valence electrons. The molecule has 10 N–H and O–H groups in total. The first kappa shape index (κ1) is 37.8. The van der Waals surface area contributed by atoms with Crippen LogP contribution in [-0.2, 0) is 28.4 Å². The fraction of sp³-hybridized carbons (Fsp3) is 1.00. The fourth-order valence-corrected chi connectivity index (χ4v) is 5.31. The molecule has 3 fully saturated rings. The van der Waals surface area contributed by atoms with Crippen LogP contribution in [0.4, 0.5) is 0 Å². The van der Waals surface area contributed by atoms with Crippen LogP contribution < -0.4 is 0 Å². The molecule has 0 spiro atoms. The van der Waals surface area contributed by atoms with Crippen molar-refractivity contribution in [2.24, 2.45) is 0 Å². The van der Waals surface area contributed by atoms with E-state index >= 15 is 0 Å². The molecule has 0 amide bonds. The zero-order chi connectivity index (χ0) is 32.6. The van der Waals surface area contributed by atoms with Crippen LogP contribution in [0.25, 0.3) is 0 Å². The van der Waals surface area contributed by atoms with Crippen molar-refractivity contribution >= 4 is 0 Å². The number of rotatable bonds is 16. The van der Waals surface area contributed by atoms with Gasteiger partial charge in [-0.05, 0) is 20.0 Å². The van der Waals surface area contributed by atoms with Crippen LogP contribution in [0.5, 0.6) is 0 Å². The van der Waals surface area contributed by atoms with Gasteiger partial charge in [0.1, 0.15) is 73.2 Å². The van der Waals surface area contributed by atoms with E-state index in [-0.39, 0.29) is 6.61 Å². The van der Waals surface area contributed by atoms with Crippen molar-refractivity contribution in [3.8, 4) is 0 Å². The Morgan fingerprint density at radius 1 is 0.568 bits per heavy atom. The first-order valence-electron chi connectivity index (χ1n) is 15.1. The first-order chi connectivity index (χ1) is 20.9. The summed E-state index contributed by atoms with van der Waals surface area (Å²) in [6.07, 6.45) is -19.4. The van der Waals surface area contributed by atoms with E-state index in [1.165, 1.54) is 0 Å². The molecule has 0 aliphatic carbocycles. The molecule has 44 heavy (non-hydrogen) atoms. The number of hydrogen-bond donors (Lipinski definition) is 10. The zero-order valence-electron chi connectivity index (χ0n) is 25.1. The fourth-order valence-electron chi connectivity index (χ4n) is 5.31. The van der Waals surface area contributed by atoms with E-state index in [1.54, 1.807) is 0 Å². The molecular formula is C27H51NO16. The molecule has 17 heteroatoms. The van der Waals surface area contributed by atoms with Crippen molar-refractivity contribution in [3.63, 3.8) is 0 Å². The van der Waals surface area contributed by atoms with Crippen molar-refractivity contribution in [1.29, 1.82) is 0 Å². The zero-order valence-corrected chi connectivity index (χ0v) is 25.1. The lowest BCUT2D eigenvalue weighted by molar-refractivity contribution is -0.366. The highest BCUT2D eigenvalue weighted by Crippen LogP contribution is 2.31. The molecule has 17 nitrogen and oxygen atoms in total. The Labute approximate surface area is 256 Å². The molecule has 0 aromatic rings. The Balaban J connectivity index is 1.70. The molecule has 0 aromatic carbocycles. The lowest BCUT2D eigenvalue weighted by atomic mass is 9.96. The molecule has 0 saturated carbocycles. The SMILES string of the molecule is CCCCCCN(C)CCO[C@H]1OC(CO[C@H]2OC(CO)[C@@H](O)C(O)C2O)[C@@H](O)C(O[C@H]2OC(CO)[C@@H](O)C(O)C2O)C1O. The molecule has 3 saturated heterocycles. The summed E-state index contributed by atoms with van der Waals surface area (Å²) in [7, 11) is 1.92. The molecule has 3 rings (SSSR count). The molecule has 3 aliphatic heterocycles. The van der Waals surface area contributed by atoms with Crippen molar-refractivity contribution < 1.29 is 79.5 Å². The van der Waals surface area contributed by atoms with Gasteiger partial charge in [-0.25, -0.2) is 0 Å². The summed E-state index contributed by atoms with van der Waals surface area (Å²) in [6, 6.07) is 0. The predicted molar refractivity (Wildman–Crippen MR) is 147 cm³/mol. The average Bonchev–Trinajstić information content (AvgIpc) is 3.01. The van der Waals surface area contributed by atoms with Crippen LogP contribution in [0.1, 0.15) is 32.6 Å². The Kier molecular flexibility index (Phi) is 15.5. The normalized spacial score (nSPS) is 43.4. The first-order valence-corrected chi connectivity index (χ1v) is 15.1. The van der Waals surface area contributed by atoms with Gasteiger partial charge in [0.15, 0.2) is 18.9 Å². The number of nitrogens with zero attached hydrogens (tertiary/aromatic N) is 1. The van der Waals surface area contributed by atoms with Crippen molar-refractivity contribution in [2.75, 3.05) is 46.6 Å². The van der Waals surface area contributed by atoms with Crippen LogP contribution in [0.3, 0.4) is 0 Å². The summed E-state index contributed by atoms with van der Waals surface area (Å²) in [4.78, 5) is 2.04. The van der Waals surface area contributed by atoms with E-state index in [0.29, 0.717) is 6.54 Å². The second-order valence-electron chi connectivity index (χ2n) is 11.6. The number of unbranched alkanes of at least 4 members (excludes halogenated alkanes) is 3. The average molecular weight is 646 g/mol. The van der Waals surface area contributed by atoms with Crippen molar-refractivity contribution in [1.82, 2.24) is 4.90 Å². The molecule has 0 bridgehead atoms. The topological polar surface area (TPSA) is 261 Å². The third-order valence-corrected chi connectivity index (χ3v) is 8.20. The molecule has 15 atom stereocenters. The predicted octanol–water partition coefficient (Wildman–Crippen LogP) is -5.04. The minimum absolute atomic E-state index is 0.106. The van der Waals surface area contributed by atoms with E-state index in [2.05, 4.69) is 6.92 Å². The van der Waals surface area contributed by atoms with Crippen LogP contribution >= 0.6 is 0 Å². The Bertz CT molecular complexity index is 812. The van der Waals surface area contributed by atoms with E-state index in [4.69, 9.17) is 28.4 Å². The third-order valence-electron chi connectivity index (χ3n) is 8.20. The summed E-state index contributed by atoms with van der Waals surface area (Å²) >= 11 is 0. The van der Waals surface area contributed by atoms with E-state index in [9.17, 15) is 51.1 Å². The largest absolute Gasteiger partial charge is 0.394 e. The van der Waals surface area contributed by atoms with E-state index in [1.807, 2.05) is 11.9 Å². The standard InChI is InChI=1S/C27H51NO16/c1-3-4-5-6-7-28(2)8-9-39-26-23(38)24(44-27-22(37)20(35)17(32)14(11-30)42-27)18(33)15(43-26)12-40-25-21(36)19(34)16(31)13(10-29)41-25/h13-27,29-38H,3-12H2,1-2H3/t13?,14?,15?,16-,17-,18-,19?,20?,21?,22?,23?,24?,25+,26+,27-/m1/s1. The van der Waals surface area contributed by atoms with Gasteiger partial charge in [-0.15, -0.1) is 0 Å². The van der Waals surface area contributed by atoms with E-state index < -0.39 is 112 Å². The summed E-state index contributed by atoms with van der Waals surface area (Å²) in [5.74, 6) is 0. The van der Waals surface area contributed by atoms with Crippen molar-refractivity contribution in [3.05, 3.63) is 0 Å². The van der Waals surface area contributed by atoms with Crippen LogP contribution in [0.2, 0.25) is 0 Å². The summed E-state index contributed by atoms with van der Waals surface area (Å²) in [6.45, 7) is 1.60. The number of aliphatic hydroxyl groups is 10. The number of likely N-dealkylation sites (N-methyl/N-ethyl adjacent to an activating group) is 1. The Hall–Kier alpha value is -0.680. The number of ether oxygens (including phenoxy) is 6. The van der Waals surface area contributed by atoms with Gasteiger partial charge in [-0.1, -0.05) is 26.2 Å². The van der Waals surface area contributed by atoms with Gasteiger partial charge in [0.25, 0.3) is 0 Å². The highest BCUT2D eigenvalue weighted by Gasteiger charge is 2.52. The highest BCUT2D eigenvalue weighted by atomic mass is 16.7.